The zero-order valence-electron chi connectivity index (χ0n) is 16.4. The standard InChI is InChI=1S/C24H25FN2O2/c1-2-3-4-5-6-15-29-22-11-7-9-20(23(22)25)17-27-24(28)19-12-13-21-18(16-19)10-8-14-26-21/h2,7-14,16H,1,3-6,15,17H2,(H,27,28). The fourth-order valence-corrected chi connectivity index (χ4v) is 3.05. The van der Waals surface area contributed by atoms with Crippen molar-refractivity contribution in [2.24, 2.45) is 0 Å². The molecule has 0 saturated carbocycles. The van der Waals surface area contributed by atoms with Gasteiger partial charge in [-0.15, -0.1) is 6.58 Å². The molecule has 2 aromatic carbocycles. The summed E-state index contributed by atoms with van der Waals surface area (Å²) in [6.07, 6.45) is 7.54. The van der Waals surface area contributed by atoms with Gasteiger partial charge in [-0.2, -0.15) is 0 Å². The zero-order chi connectivity index (χ0) is 20.5. The van der Waals surface area contributed by atoms with Crippen LogP contribution in [0.3, 0.4) is 0 Å². The number of carbonyl (C=O) groups is 1. The molecule has 0 radical (unpaired) electrons. The number of allylic oxidation sites excluding steroid dienone is 1. The fraction of sp³-hybridized carbons (Fsp3) is 0.250. The molecule has 29 heavy (non-hydrogen) atoms. The topological polar surface area (TPSA) is 51.2 Å². The molecular weight excluding hydrogens is 367 g/mol. The number of benzene rings is 2. The van der Waals surface area contributed by atoms with Crippen LogP contribution in [0.15, 0.2) is 67.4 Å². The molecule has 0 atom stereocenters. The molecular formula is C24H25FN2O2. The third-order valence-corrected chi connectivity index (χ3v) is 4.66. The highest BCUT2D eigenvalue weighted by Crippen LogP contribution is 2.21. The first kappa shape index (κ1) is 20.5. The summed E-state index contributed by atoms with van der Waals surface area (Å²) in [6, 6.07) is 14.0. The van der Waals surface area contributed by atoms with Crippen LogP contribution in [0.4, 0.5) is 4.39 Å². The Hall–Kier alpha value is -3.21. The van der Waals surface area contributed by atoms with Crippen molar-refractivity contribution in [2.75, 3.05) is 6.61 Å². The van der Waals surface area contributed by atoms with Crippen LogP contribution < -0.4 is 10.1 Å². The molecule has 4 nitrogen and oxygen atoms in total. The number of amides is 1. The molecule has 3 rings (SSSR count). The van der Waals surface area contributed by atoms with Crippen LogP contribution in [0.25, 0.3) is 10.9 Å². The van der Waals surface area contributed by atoms with Gasteiger partial charge in [-0.25, -0.2) is 4.39 Å². The van der Waals surface area contributed by atoms with Crippen LogP contribution in [-0.4, -0.2) is 17.5 Å². The Morgan fingerprint density at radius 2 is 2.03 bits per heavy atom. The summed E-state index contributed by atoms with van der Waals surface area (Å²) in [5, 5.41) is 3.66. The molecule has 5 heteroatoms. The zero-order valence-corrected chi connectivity index (χ0v) is 16.4. The summed E-state index contributed by atoms with van der Waals surface area (Å²) in [4.78, 5) is 16.7. The van der Waals surface area contributed by atoms with Gasteiger partial charge in [0.05, 0.1) is 12.1 Å². The van der Waals surface area contributed by atoms with E-state index in [2.05, 4.69) is 16.9 Å². The minimum absolute atomic E-state index is 0.0896. The number of fused-ring (bicyclic) bond motifs is 1. The SMILES string of the molecule is C=CCCCCCOc1cccc(CNC(=O)c2ccc3ncccc3c2)c1F. The summed E-state index contributed by atoms with van der Waals surface area (Å²) >= 11 is 0. The van der Waals surface area contributed by atoms with E-state index in [9.17, 15) is 9.18 Å². The lowest BCUT2D eigenvalue weighted by molar-refractivity contribution is 0.0950. The van der Waals surface area contributed by atoms with Gasteiger partial charge in [-0.05, 0) is 56.0 Å². The summed E-state index contributed by atoms with van der Waals surface area (Å²) < 4.78 is 20.2. The van der Waals surface area contributed by atoms with Gasteiger partial charge in [0.15, 0.2) is 11.6 Å². The normalized spacial score (nSPS) is 10.7. The van der Waals surface area contributed by atoms with E-state index in [1.165, 1.54) is 0 Å². The molecule has 0 aliphatic carbocycles. The Balaban J connectivity index is 1.56. The first-order valence-electron chi connectivity index (χ1n) is 9.83. The van der Waals surface area contributed by atoms with Crippen molar-refractivity contribution in [3.05, 3.63) is 84.3 Å². The molecule has 0 spiro atoms. The number of rotatable bonds is 10. The summed E-state index contributed by atoms with van der Waals surface area (Å²) in [6.45, 7) is 4.25. The lowest BCUT2D eigenvalue weighted by Gasteiger charge is -2.11. The van der Waals surface area contributed by atoms with Crippen LogP contribution in [0.2, 0.25) is 0 Å². The van der Waals surface area contributed by atoms with Gasteiger partial charge < -0.3 is 10.1 Å². The molecule has 0 aliphatic heterocycles. The number of nitrogens with zero attached hydrogens (tertiary/aromatic N) is 1. The average Bonchev–Trinajstić information content (AvgIpc) is 2.75. The predicted molar refractivity (Wildman–Crippen MR) is 113 cm³/mol. The molecule has 0 unspecified atom stereocenters. The number of ether oxygens (including phenoxy) is 1. The Morgan fingerprint density at radius 1 is 1.14 bits per heavy atom. The minimum atomic E-state index is -0.429. The fourth-order valence-electron chi connectivity index (χ4n) is 3.05. The first-order chi connectivity index (χ1) is 14.2. The van der Waals surface area contributed by atoms with E-state index in [0.29, 0.717) is 17.7 Å². The number of aromatic nitrogens is 1. The maximum absolute atomic E-state index is 14.7. The van der Waals surface area contributed by atoms with E-state index in [0.717, 1.165) is 36.6 Å². The van der Waals surface area contributed by atoms with Crippen LogP contribution >= 0.6 is 0 Å². The molecule has 1 N–H and O–H groups in total. The van der Waals surface area contributed by atoms with Gasteiger partial charge in [-0.3, -0.25) is 9.78 Å². The molecule has 150 valence electrons. The van der Waals surface area contributed by atoms with Crippen LogP contribution in [0, 0.1) is 5.82 Å². The molecule has 0 fully saturated rings. The molecule has 3 aromatic rings. The van der Waals surface area contributed by atoms with Crippen molar-refractivity contribution in [3.63, 3.8) is 0 Å². The van der Waals surface area contributed by atoms with Crippen molar-refractivity contribution in [1.29, 1.82) is 0 Å². The minimum Gasteiger partial charge on any atom is -0.491 e. The Kier molecular flexibility index (Phi) is 7.34. The van der Waals surface area contributed by atoms with Gasteiger partial charge in [0.25, 0.3) is 5.91 Å². The number of nitrogens with one attached hydrogen (secondary N) is 1. The van der Waals surface area contributed by atoms with E-state index in [4.69, 9.17) is 4.74 Å². The van der Waals surface area contributed by atoms with Crippen LogP contribution in [-0.2, 0) is 6.54 Å². The van der Waals surface area contributed by atoms with E-state index in [1.54, 1.807) is 42.6 Å². The number of hydrogen-bond acceptors (Lipinski definition) is 3. The highest BCUT2D eigenvalue weighted by molar-refractivity contribution is 5.97. The van der Waals surface area contributed by atoms with Crippen molar-refractivity contribution in [1.82, 2.24) is 10.3 Å². The number of pyridine rings is 1. The third-order valence-electron chi connectivity index (χ3n) is 4.66. The molecule has 0 aliphatic rings. The highest BCUT2D eigenvalue weighted by atomic mass is 19.1. The average molecular weight is 392 g/mol. The summed E-state index contributed by atoms with van der Waals surface area (Å²) in [5.74, 6) is -0.470. The number of halogens is 1. The van der Waals surface area contributed by atoms with Crippen molar-refractivity contribution in [2.45, 2.75) is 32.2 Å². The van der Waals surface area contributed by atoms with Gasteiger partial charge >= 0.3 is 0 Å². The smallest absolute Gasteiger partial charge is 0.251 e. The molecule has 1 heterocycles. The van der Waals surface area contributed by atoms with Gasteiger partial charge in [0.1, 0.15) is 0 Å². The molecule has 1 amide bonds. The van der Waals surface area contributed by atoms with Gasteiger partial charge in [-0.1, -0.05) is 24.3 Å². The second-order valence-corrected chi connectivity index (χ2v) is 6.81. The Bertz CT molecular complexity index is 988. The van der Waals surface area contributed by atoms with Crippen molar-refractivity contribution < 1.29 is 13.9 Å². The van der Waals surface area contributed by atoms with E-state index < -0.39 is 5.82 Å². The summed E-state index contributed by atoms with van der Waals surface area (Å²) in [5.41, 5.74) is 1.73. The number of carbonyl (C=O) groups excluding carboxylic acids is 1. The Morgan fingerprint density at radius 3 is 2.90 bits per heavy atom. The van der Waals surface area contributed by atoms with Crippen LogP contribution in [0.1, 0.15) is 41.6 Å². The van der Waals surface area contributed by atoms with Gasteiger partial charge in [0, 0.05) is 29.3 Å². The largest absolute Gasteiger partial charge is 0.491 e. The lowest BCUT2D eigenvalue weighted by Crippen LogP contribution is -2.23. The second kappa shape index (κ2) is 10.4. The van der Waals surface area contributed by atoms with Crippen molar-refractivity contribution in [3.8, 4) is 5.75 Å². The first-order valence-corrected chi connectivity index (χ1v) is 9.83. The third kappa shape index (κ3) is 5.64. The quantitative estimate of drug-likeness (QED) is 0.370. The molecule has 0 bridgehead atoms. The van der Waals surface area contributed by atoms with E-state index in [-0.39, 0.29) is 18.2 Å². The number of unbranched alkanes of at least 4 members (excludes halogenated alkanes) is 3. The molecule has 1 aromatic heterocycles. The lowest BCUT2D eigenvalue weighted by atomic mass is 10.1. The van der Waals surface area contributed by atoms with Crippen LogP contribution in [0.5, 0.6) is 5.75 Å². The van der Waals surface area contributed by atoms with Crippen molar-refractivity contribution >= 4 is 16.8 Å². The maximum atomic E-state index is 14.7. The predicted octanol–water partition coefficient (Wildman–Crippen LogP) is 5.43. The maximum Gasteiger partial charge on any atom is 0.251 e. The highest BCUT2D eigenvalue weighted by Gasteiger charge is 2.12. The number of hydrogen-bond donors (Lipinski definition) is 1. The monoisotopic (exact) mass is 392 g/mol. The van der Waals surface area contributed by atoms with E-state index >= 15 is 0 Å². The second-order valence-electron chi connectivity index (χ2n) is 6.81. The van der Waals surface area contributed by atoms with E-state index in [1.807, 2.05) is 18.2 Å². The molecule has 0 saturated heterocycles. The van der Waals surface area contributed by atoms with Gasteiger partial charge in [0.2, 0.25) is 0 Å². The Labute approximate surface area is 170 Å². The summed E-state index contributed by atoms with van der Waals surface area (Å²) in [7, 11) is 0.